The van der Waals surface area contributed by atoms with Gasteiger partial charge in [-0.25, -0.2) is 9.79 Å². The number of fused-ring (bicyclic) bond motifs is 1. The molecule has 36 heavy (non-hydrogen) atoms. The van der Waals surface area contributed by atoms with Crippen LogP contribution in [0.3, 0.4) is 0 Å². The lowest BCUT2D eigenvalue weighted by atomic mass is 9.96. The lowest BCUT2D eigenvalue weighted by Gasteiger charge is -2.25. The van der Waals surface area contributed by atoms with E-state index in [2.05, 4.69) is 20.9 Å². The summed E-state index contributed by atoms with van der Waals surface area (Å²) in [6.07, 6.45) is 3.27. The SMILES string of the molecule is COc1cc(Br)cc(C=c2sc3n(c2=O)C(c2ccc(SC)cc2)C(C(=O)OC(C)C)=C(C)N=3)c1O. The van der Waals surface area contributed by atoms with Crippen LogP contribution in [0.25, 0.3) is 6.08 Å². The van der Waals surface area contributed by atoms with Crippen LogP contribution in [0.15, 0.2) is 66.8 Å². The van der Waals surface area contributed by atoms with Gasteiger partial charge in [0.15, 0.2) is 16.3 Å². The summed E-state index contributed by atoms with van der Waals surface area (Å²) in [5.41, 5.74) is 1.70. The van der Waals surface area contributed by atoms with Gasteiger partial charge in [0.2, 0.25) is 0 Å². The third kappa shape index (κ3) is 5.02. The zero-order valence-electron chi connectivity index (χ0n) is 20.4. The maximum atomic E-state index is 13.8. The van der Waals surface area contributed by atoms with Gasteiger partial charge in [0.1, 0.15) is 0 Å². The standard InChI is InChI=1S/C26H25BrN2O5S2/c1-13(2)34-25(32)21-14(3)28-26-29(22(21)15-6-8-18(35-5)9-7-15)24(31)20(36-26)11-16-10-17(27)12-19(33-4)23(16)30/h6-13,22,30H,1-5H3. The van der Waals surface area contributed by atoms with E-state index in [0.717, 1.165) is 10.5 Å². The Morgan fingerprint density at radius 3 is 2.58 bits per heavy atom. The largest absolute Gasteiger partial charge is 0.504 e. The number of carbonyl (C=O) groups excluding carboxylic acids is 1. The molecule has 2 aromatic carbocycles. The molecule has 0 radical (unpaired) electrons. The Morgan fingerprint density at radius 2 is 1.97 bits per heavy atom. The quantitative estimate of drug-likeness (QED) is 0.339. The number of nitrogens with zero attached hydrogens (tertiary/aromatic N) is 2. The highest BCUT2D eigenvalue weighted by atomic mass is 79.9. The first-order chi connectivity index (χ1) is 17.1. The van der Waals surface area contributed by atoms with E-state index in [1.807, 2.05) is 30.5 Å². The molecule has 188 valence electrons. The summed E-state index contributed by atoms with van der Waals surface area (Å²) in [7, 11) is 1.46. The summed E-state index contributed by atoms with van der Waals surface area (Å²) in [5, 5.41) is 10.6. The summed E-state index contributed by atoms with van der Waals surface area (Å²) in [6.45, 7) is 5.32. The molecule has 0 fully saturated rings. The van der Waals surface area contributed by atoms with Crippen molar-refractivity contribution in [3.05, 3.63) is 83.0 Å². The van der Waals surface area contributed by atoms with Crippen LogP contribution in [-0.2, 0) is 9.53 Å². The maximum Gasteiger partial charge on any atom is 0.338 e. The van der Waals surface area contributed by atoms with E-state index >= 15 is 0 Å². The molecular formula is C26H25BrN2O5S2. The number of halogens is 1. The first kappa shape index (κ1) is 26.2. The third-order valence-corrected chi connectivity index (χ3v) is 7.78. The molecule has 1 N–H and O–H groups in total. The van der Waals surface area contributed by atoms with Crippen LogP contribution in [0.1, 0.15) is 37.9 Å². The number of phenols is 1. The Hall–Kier alpha value is -2.82. The maximum absolute atomic E-state index is 13.8. The van der Waals surface area contributed by atoms with Crippen molar-refractivity contribution in [2.45, 2.75) is 37.8 Å². The Balaban J connectivity index is 1.96. The molecule has 1 unspecified atom stereocenters. The number of hydrogen-bond donors (Lipinski definition) is 1. The minimum Gasteiger partial charge on any atom is -0.504 e. The molecule has 2 heterocycles. The normalized spacial score (nSPS) is 15.6. The van der Waals surface area contributed by atoms with Crippen molar-refractivity contribution in [1.29, 1.82) is 0 Å². The van der Waals surface area contributed by atoms with Gasteiger partial charge < -0.3 is 14.6 Å². The van der Waals surface area contributed by atoms with E-state index in [1.54, 1.807) is 50.7 Å². The van der Waals surface area contributed by atoms with Gasteiger partial charge in [-0.3, -0.25) is 9.36 Å². The fourth-order valence-corrected chi connectivity index (χ4v) is 5.86. The van der Waals surface area contributed by atoms with Crippen LogP contribution in [0.4, 0.5) is 0 Å². The van der Waals surface area contributed by atoms with Gasteiger partial charge >= 0.3 is 5.97 Å². The van der Waals surface area contributed by atoms with Crippen molar-refractivity contribution >= 4 is 51.1 Å². The minimum atomic E-state index is -0.698. The molecule has 7 nitrogen and oxygen atoms in total. The van der Waals surface area contributed by atoms with E-state index in [0.29, 0.717) is 30.6 Å². The molecule has 1 atom stereocenters. The average molecular weight is 590 g/mol. The van der Waals surface area contributed by atoms with Crippen molar-refractivity contribution in [3.63, 3.8) is 0 Å². The number of hydrogen-bond acceptors (Lipinski definition) is 8. The number of ether oxygens (including phenoxy) is 2. The van der Waals surface area contributed by atoms with Gasteiger partial charge in [-0.15, -0.1) is 11.8 Å². The highest BCUT2D eigenvalue weighted by molar-refractivity contribution is 9.10. The highest BCUT2D eigenvalue weighted by Gasteiger charge is 2.33. The van der Waals surface area contributed by atoms with Crippen molar-refractivity contribution in [1.82, 2.24) is 4.57 Å². The molecule has 0 amide bonds. The second-order valence-electron chi connectivity index (χ2n) is 8.35. The Kier molecular flexibility index (Phi) is 7.77. The molecule has 10 heteroatoms. The summed E-state index contributed by atoms with van der Waals surface area (Å²) < 4.78 is 13.4. The molecule has 1 aliphatic heterocycles. The number of esters is 1. The number of benzene rings is 2. The zero-order chi connectivity index (χ0) is 26.1. The Bertz CT molecular complexity index is 1540. The molecule has 0 saturated heterocycles. The van der Waals surface area contributed by atoms with E-state index in [9.17, 15) is 14.7 Å². The fourth-order valence-electron chi connectivity index (χ4n) is 3.96. The van der Waals surface area contributed by atoms with Crippen molar-refractivity contribution in [2.75, 3.05) is 13.4 Å². The summed E-state index contributed by atoms with van der Waals surface area (Å²) in [4.78, 5) is 33.1. The first-order valence-corrected chi connectivity index (χ1v) is 13.9. The minimum absolute atomic E-state index is 0.0758. The number of rotatable bonds is 6. The van der Waals surface area contributed by atoms with Gasteiger partial charge in [-0.05, 0) is 62.9 Å². The van der Waals surface area contributed by atoms with Crippen LogP contribution in [0, 0.1) is 0 Å². The van der Waals surface area contributed by atoms with Gasteiger partial charge in [0.25, 0.3) is 5.56 Å². The predicted molar refractivity (Wildman–Crippen MR) is 146 cm³/mol. The molecule has 0 aliphatic carbocycles. The number of aromatic hydroxyl groups is 1. The molecule has 3 aromatic rings. The van der Waals surface area contributed by atoms with Crippen LogP contribution in [0.2, 0.25) is 0 Å². The number of carbonyl (C=O) groups is 1. The van der Waals surface area contributed by atoms with Gasteiger partial charge in [0.05, 0.1) is 35.1 Å². The lowest BCUT2D eigenvalue weighted by molar-refractivity contribution is -0.143. The molecule has 1 aromatic heterocycles. The second-order valence-corrected chi connectivity index (χ2v) is 11.2. The lowest BCUT2D eigenvalue weighted by Crippen LogP contribution is -2.40. The summed E-state index contributed by atoms with van der Waals surface area (Å²) >= 11 is 6.21. The van der Waals surface area contributed by atoms with E-state index in [-0.39, 0.29) is 23.2 Å². The summed E-state index contributed by atoms with van der Waals surface area (Å²) in [5.74, 6) is -0.299. The van der Waals surface area contributed by atoms with Crippen molar-refractivity contribution in [3.8, 4) is 11.5 Å². The van der Waals surface area contributed by atoms with Gasteiger partial charge in [-0.2, -0.15) is 0 Å². The fraction of sp³-hybridized carbons (Fsp3) is 0.269. The molecule has 0 bridgehead atoms. The molecular weight excluding hydrogens is 564 g/mol. The number of thioether (sulfide) groups is 1. The highest BCUT2D eigenvalue weighted by Crippen LogP contribution is 2.34. The summed E-state index contributed by atoms with van der Waals surface area (Å²) in [6, 6.07) is 10.4. The van der Waals surface area contributed by atoms with E-state index in [1.165, 1.54) is 23.0 Å². The van der Waals surface area contributed by atoms with E-state index < -0.39 is 12.0 Å². The predicted octanol–water partition coefficient (Wildman–Crippen LogP) is 4.39. The van der Waals surface area contributed by atoms with Crippen molar-refractivity contribution < 1.29 is 19.4 Å². The Labute approximate surface area is 224 Å². The zero-order valence-corrected chi connectivity index (χ0v) is 23.6. The molecule has 1 aliphatic rings. The first-order valence-electron chi connectivity index (χ1n) is 11.1. The van der Waals surface area contributed by atoms with Gasteiger partial charge in [0, 0.05) is 14.9 Å². The van der Waals surface area contributed by atoms with Crippen molar-refractivity contribution in [2.24, 2.45) is 4.99 Å². The number of allylic oxidation sites excluding steroid dienone is 1. The third-order valence-electron chi connectivity index (χ3n) is 5.59. The Morgan fingerprint density at radius 1 is 1.28 bits per heavy atom. The molecule has 4 rings (SSSR count). The topological polar surface area (TPSA) is 90.1 Å². The number of aromatic nitrogens is 1. The molecule has 0 spiro atoms. The average Bonchev–Trinajstić information content (AvgIpc) is 3.14. The van der Waals surface area contributed by atoms with Gasteiger partial charge in [-0.1, -0.05) is 39.4 Å². The number of methoxy groups -OCH3 is 1. The molecule has 0 saturated carbocycles. The number of phenolic OH excluding ortho intramolecular Hbond substituents is 1. The number of thiazole rings is 1. The van der Waals surface area contributed by atoms with Crippen LogP contribution in [0.5, 0.6) is 11.5 Å². The van der Waals surface area contributed by atoms with Crippen LogP contribution < -0.4 is 19.6 Å². The van der Waals surface area contributed by atoms with Crippen LogP contribution in [-0.4, -0.2) is 35.1 Å². The monoisotopic (exact) mass is 588 g/mol. The second kappa shape index (κ2) is 10.7. The van der Waals surface area contributed by atoms with E-state index in [4.69, 9.17) is 9.47 Å². The van der Waals surface area contributed by atoms with Crippen LogP contribution >= 0.6 is 39.0 Å². The smallest absolute Gasteiger partial charge is 0.338 e.